The van der Waals surface area contributed by atoms with Gasteiger partial charge in [-0.15, -0.1) is 0 Å². The molecule has 0 bridgehead atoms. The number of amides is 1. The van der Waals surface area contributed by atoms with E-state index in [0.717, 1.165) is 41.6 Å². The fraction of sp³-hybridized carbons (Fsp3) is 0.609. The number of carbonyl (C=O) groups excluding carboxylic acids is 1. The predicted octanol–water partition coefficient (Wildman–Crippen LogP) is 4.17. The molecule has 0 fully saturated rings. The first kappa shape index (κ1) is 24.0. The summed E-state index contributed by atoms with van der Waals surface area (Å²) in [6, 6.07) is 5.82. The van der Waals surface area contributed by atoms with Crippen LogP contribution in [0.1, 0.15) is 45.1 Å². The van der Waals surface area contributed by atoms with Gasteiger partial charge in [0, 0.05) is 13.0 Å². The topological polar surface area (TPSA) is 47.6 Å². The van der Waals surface area contributed by atoms with Crippen LogP contribution in [0.2, 0.25) is 0 Å². The van der Waals surface area contributed by atoms with Gasteiger partial charge in [0.25, 0.3) is 0 Å². The third kappa shape index (κ3) is 11.0. The van der Waals surface area contributed by atoms with Gasteiger partial charge in [-0.25, -0.2) is 0 Å². The molecule has 1 amide bonds. The average molecular weight is 392 g/mol. The molecule has 0 heterocycles. The highest BCUT2D eigenvalue weighted by molar-refractivity contribution is 5.75. The Balaban J connectivity index is 2.38. The lowest BCUT2D eigenvalue weighted by Gasteiger charge is -2.24. The van der Waals surface area contributed by atoms with Crippen molar-refractivity contribution in [2.75, 3.05) is 41.4 Å². The molecule has 1 N–H and O–H groups in total. The number of nitrogens with one attached hydrogen (secondary N) is 1. The Labute approximate surface area is 171 Å². The van der Waals surface area contributed by atoms with Crippen LogP contribution in [0.3, 0.4) is 0 Å². The Hall–Kier alpha value is -2.01. The van der Waals surface area contributed by atoms with E-state index in [1.165, 1.54) is 0 Å². The zero-order valence-corrected chi connectivity index (χ0v) is 18.6. The van der Waals surface area contributed by atoms with E-state index in [2.05, 4.69) is 52.5 Å². The smallest absolute Gasteiger partial charge is 0.220 e. The van der Waals surface area contributed by atoms with Gasteiger partial charge in [-0.05, 0) is 42.9 Å². The number of carbonyl (C=O) groups is 1. The lowest BCUT2D eigenvalue weighted by atomic mass is 10.1. The molecule has 28 heavy (non-hydrogen) atoms. The van der Waals surface area contributed by atoms with Crippen molar-refractivity contribution < 1.29 is 18.8 Å². The third-order valence-corrected chi connectivity index (χ3v) is 4.28. The number of quaternary nitrogens is 1. The maximum absolute atomic E-state index is 12.0. The van der Waals surface area contributed by atoms with Gasteiger partial charge in [-0.3, -0.25) is 4.79 Å². The molecule has 1 aromatic carbocycles. The number of hydrogen-bond donors (Lipinski definition) is 1. The minimum Gasteiger partial charge on any atom is -0.493 e. The number of benzene rings is 1. The van der Waals surface area contributed by atoms with E-state index < -0.39 is 0 Å². The fourth-order valence-corrected chi connectivity index (χ4v) is 2.58. The number of nitrogens with zero attached hydrogens (tertiary/aromatic N) is 1. The van der Waals surface area contributed by atoms with E-state index in [4.69, 9.17) is 9.47 Å². The normalized spacial score (nSPS) is 11.8. The molecule has 5 heteroatoms. The van der Waals surface area contributed by atoms with E-state index in [9.17, 15) is 4.79 Å². The summed E-state index contributed by atoms with van der Waals surface area (Å²) in [6.07, 6.45) is 7.99. The molecular formula is C23H39N2O3+. The summed E-state index contributed by atoms with van der Waals surface area (Å²) < 4.78 is 12.1. The van der Waals surface area contributed by atoms with Crippen LogP contribution in [0.5, 0.6) is 11.5 Å². The van der Waals surface area contributed by atoms with Crippen molar-refractivity contribution >= 4 is 5.91 Å². The van der Waals surface area contributed by atoms with Crippen molar-refractivity contribution in [3.8, 4) is 11.5 Å². The molecule has 5 nitrogen and oxygen atoms in total. The number of allylic oxidation sites excluding steroid dienone is 2. The maximum atomic E-state index is 12.0. The largest absolute Gasteiger partial charge is 0.493 e. The van der Waals surface area contributed by atoms with Gasteiger partial charge in [-0.1, -0.05) is 32.1 Å². The number of hydrogen-bond acceptors (Lipinski definition) is 3. The first-order valence-corrected chi connectivity index (χ1v) is 10.2. The molecule has 0 radical (unpaired) electrons. The van der Waals surface area contributed by atoms with E-state index in [0.29, 0.717) is 31.2 Å². The van der Waals surface area contributed by atoms with Gasteiger partial charge in [0.15, 0.2) is 11.5 Å². The van der Waals surface area contributed by atoms with Crippen LogP contribution >= 0.6 is 0 Å². The molecule has 0 aliphatic rings. The number of likely N-dealkylation sites (N-methyl/N-ethyl adjacent to an activating group) is 1. The van der Waals surface area contributed by atoms with Crippen molar-refractivity contribution in [3.63, 3.8) is 0 Å². The van der Waals surface area contributed by atoms with E-state index in [1.54, 1.807) is 7.11 Å². The van der Waals surface area contributed by atoms with Crippen molar-refractivity contribution in [1.29, 1.82) is 0 Å². The Morgan fingerprint density at radius 2 is 1.93 bits per heavy atom. The highest BCUT2D eigenvalue weighted by atomic mass is 16.5. The molecule has 0 aliphatic carbocycles. The van der Waals surface area contributed by atoms with E-state index in [1.807, 2.05) is 18.2 Å². The summed E-state index contributed by atoms with van der Waals surface area (Å²) in [7, 11) is 8.04. The second kappa shape index (κ2) is 12.4. The molecule has 0 atom stereocenters. The molecule has 158 valence electrons. The summed E-state index contributed by atoms with van der Waals surface area (Å²) in [5, 5.41) is 2.99. The second-order valence-corrected chi connectivity index (χ2v) is 8.54. The molecule has 1 aromatic rings. The highest BCUT2D eigenvalue weighted by Gasteiger charge is 2.10. The predicted molar refractivity (Wildman–Crippen MR) is 116 cm³/mol. The van der Waals surface area contributed by atoms with E-state index in [-0.39, 0.29) is 5.91 Å². The van der Waals surface area contributed by atoms with Crippen LogP contribution in [0, 0.1) is 5.92 Å². The zero-order chi connectivity index (χ0) is 21.0. The van der Waals surface area contributed by atoms with Crippen LogP contribution in [-0.2, 0) is 11.3 Å². The van der Waals surface area contributed by atoms with Crippen LogP contribution in [0.25, 0.3) is 0 Å². The molecule has 0 unspecified atom stereocenters. The van der Waals surface area contributed by atoms with Crippen LogP contribution in [-0.4, -0.2) is 51.8 Å². The molecule has 0 aromatic heterocycles. The summed E-state index contributed by atoms with van der Waals surface area (Å²) in [5.41, 5.74) is 1.00. The Morgan fingerprint density at radius 1 is 1.18 bits per heavy atom. The van der Waals surface area contributed by atoms with E-state index >= 15 is 0 Å². The minimum atomic E-state index is 0.0927. The van der Waals surface area contributed by atoms with Crippen molar-refractivity contribution in [1.82, 2.24) is 5.32 Å². The summed E-state index contributed by atoms with van der Waals surface area (Å²) in [6.45, 7) is 6.38. The number of methoxy groups -OCH3 is 1. The molecule has 0 saturated carbocycles. The first-order valence-electron chi connectivity index (χ1n) is 10.2. The SMILES string of the molecule is COc1cc(CNC(=O)CCCCC=CC(C)C)ccc1OCC[N+](C)(C)C. The van der Waals surface area contributed by atoms with Crippen LogP contribution in [0.15, 0.2) is 30.4 Å². The van der Waals surface area contributed by atoms with Gasteiger partial charge in [-0.2, -0.15) is 0 Å². The number of unbranched alkanes of at least 4 members (excludes halogenated alkanes) is 2. The Morgan fingerprint density at radius 3 is 2.57 bits per heavy atom. The second-order valence-electron chi connectivity index (χ2n) is 8.54. The molecule has 0 aliphatic heterocycles. The van der Waals surface area contributed by atoms with Crippen molar-refractivity contribution in [2.24, 2.45) is 5.92 Å². The summed E-state index contributed by atoms with van der Waals surface area (Å²) in [5.74, 6) is 2.12. The first-order chi connectivity index (χ1) is 13.2. The standard InChI is InChI=1S/C23H38N2O3/c1-19(2)11-9-7-8-10-12-23(26)24-18-20-13-14-21(22(17-20)27-6)28-16-15-25(3,4)5/h9,11,13-14,17,19H,7-8,10,12,15-16,18H2,1-6H3/p+1. The van der Waals surface area contributed by atoms with Gasteiger partial charge in [0.2, 0.25) is 5.91 Å². The Kier molecular flexibility index (Phi) is 10.7. The third-order valence-electron chi connectivity index (χ3n) is 4.28. The monoisotopic (exact) mass is 391 g/mol. The highest BCUT2D eigenvalue weighted by Crippen LogP contribution is 2.28. The quantitative estimate of drug-likeness (QED) is 0.312. The zero-order valence-electron chi connectivity index (χ0n) is 18.6. The summed E-state index contributed by atoms with van der Waals surface area (Å²) >= 11 is 0. The lowest BCUT2D eigenvalue weighted by molar-refractivity contribution is -0.870. The van der Waals surface area contributed by atoms with Crippen LogP contribution < -0.4 is 14.8 Å². The maximum Gasteiger partial charge on any atom is 0.220 e. The molecule has 0 saturated heterocycles. The van der Waals surface area contributed by atoms with Gasteiger partial charge in [0.05, 0.1) is 28.3 Å². The number of rotatable bonds is 13. The lowest BCUT2D eigenvalue weighted by Crippen LogP contribution is -2.38. The van der Waals surface area contributed by atoms with Crippen molar-refractivity contribution in [2.45, 2.75) is 46.1 Å². The molecular weight excluding hydrogens is 352 g/mol. The fourth-order valence-electron chi connectivity index (χ4n) is 2.58. The average Bonchev–Trinajstić information content (AvgIpc) is 2.62. The van der Waals surface area contributed by atoms with Crippen molar-refractivity contribution in [3.05, 3.63) is 35.9 Å². The Bertz CT molecular complexity index is 619. The minimum absolute atomic E-state index is 0.0927. The van der Waals surface area contributed by atoms with Crippen LogP contribution in [0.4, 0.5) is 0 Å². The molecule has 0 spiro atoms. The molecule has 1 rings (SSSR count). The summed E-state index contributed by atoms with van der Waals surface area (Å²) in [4.78, 5) is 12.0. The van der Waals surface area contributed by atoms with Gasteiger partial charge >= 0.3 is 0 Å². The van der Waals surface area contributed by atoms with Gasteiger partial charge < -0.3 is 19.3 Å². The number of ether oxygens (including phenoxy) is 2. The van der Waals surface area contributed by atoms with Gasteiger partial charge in [0.1, 0.15) is 13.2 Å².